The SMILES string of the molecule is NC(=O)C(O)CNc1nc(OCC23CCCN2CCC3)nc2c(F)c(-c3cccc4c(C5CCC6(COc7nc(NCCCOC(F)F)c8cnc(-c9cccc%10cccc(Cl)c9%10)c(F)c8n7)CCCN56)ccc(Cl)c34)ncc12. The highest BCUT2D eigenvalue weighted by Gasteiger charge is 2.51. The first-order valence-electron chi connectivity index (χ1n) is 26.6. The van der Waals surface area contributed by atoms with Crippen LogP contribution >= 0.6 is 23.2 Å². The molecule has 12 rings (SSSR count). The maximum Gasteiger partial charge on any atom is 0.345 e. The standard InChI is InChI=1S/C57H55Cl2F4N11O5/c58-38-13-2-9-31-8-1-11-34(42(31)38)46-44(60)48-36(26-66-46)51(65-21-7-25-77-53(62)63)71-54(69-48)79-30-57-19-6-24-74(57)40(16-20-57)32-14-15-39(59)43-33(32)10-3-12-35(43)47-45(61)49-37(27-67-47)52(68-28-41(75)50(64)76)72-55(70-49)78-29-56-17-4-22-73(56)23-5-18-56/h1-3,8-15,26-27,40-41,53,75H,4-7,16-25,28-30H2,(H2,64,76)(H,65,69,71)(H,68,70,72). The number of nitrogens with zero attached hydrogens (tertiary/aromatic N) is 8. The summed E-state index contributed by atoms with van der Waals surface area (Å²) in [4.78, 5) is 44.4. The number of halogens is 6. The number of nitrogens with one attached hydrogen (secondary N) is 2. The van der Waals surface area contributed by atoms with Gasteiger partial charge in [0.2, 0.25) is 5.91 Å². The molecule has 79 heavy (non-hydrogen) atoms. The molecule has 0 aliphatic carbocycles. The van der Waals surface area contributed by atoms with Crippen LogP contribution in [0.1, 0.15) is 69.4 Å². The van der Waals surface area contributed by atoms with Crippen molar-refractivity contribution in [3.63, 3.8) is 0 Å². The molecular weight excluding hydrogens is 1070 g/mol. The molecule has 0 spiro atoms. The van der Waals surface area contributed by atoms with Crippen molar-refractivity contribution in [1.29, 1.82) is 0 Å². The minimum atomic E-state index is -2.91. The van der Waals surface area contributed by atoms with Gasteiger partial charge in [0.15, 0.2) is 11.6 Å². The number of hydrogen-bond acceptors (Lipinski definition) is 15. The number of carbonyl (C=O) groups is 1. The minimum Gasteiger partial charge on any atom is -0.461 e. The Hall–Kier alpha value is -6.81. The molecule has 0 saturated carbocycles. The second-order valence-electron chi connectivity index (χ2n) is 20.9. The van der Waals surface area contributed by atoms with Crippen LogP contribution in [0.25, 0.3) is 65.9 Å². The number of carbonyl (C=O) groups excluding carboxylic acids is 1. The van der Waals surface area contributed by atoms with Gasteiger partial charge in [-0.3, -0.25) is 24.6 Å². The van der Waals surface area contributed by atoms with Gasteiger partial charge in [-0.15, -0.1) is 0 Å². The largest absolute Gasteiger partial charge is 0.461 e. The van der Waals surface area contributed by atoms with Crippen LogP contribution in [0.15, 0.2) is 79.1 Å². The zero-order chi connectivity index (χ0) is 54.6. The van der Waals surface area contributed by atoms with E-state index in [0.717, 1.165) is 87.3 Å². The van der Waals surface area contributed by atoms with Crippen LogP contribution in [0.3, 0.4) is 0 Å². The van der Waals surface area contributed by atoms with E-state index in [4.69, 9.17) is 43.4 Å². The van der Waals surface area contributed by atoms with E-state index in [1.54, 1.807) is 24.3 Å². The average Bonchev–Trinajstić information content (AvgIpc) is 4.41. The lowest BCUT2D eigenvalue weighted by Gasteiger charge is -2.35. The number of hydrogen-bond donors (Lipinski definition) is 4. The molecule has 4 aromatic heterocycles. The quantitative estimate of drug-likeness (QED) is 0.0440. The average molecular weight is 1120 g/mol. The molecule has 3 unspecified atom stereocenters. The molecule has 4 aliphatic heterocycles. The first-order chi connectivity index (χ1) is 38.3. The van der Waals surface area contributed by atoms with Crippen molar-refractivity contribution in [3.8, 4) is 34.5 Å². The summed E-state index contributed by atoms with van der Waals surface area (Å²) >= 11 is 13.8. The van der Waals surface area contributed by atoms with Gasteiger partial charge in [0.25, 0.3) is 0 Å². The fourth-order valence-corrected chi connectivity index (χ4v) is 13.2. The Kier molecular flexibility index (Phi) is 14.5. The van der Waals surface area contributed by atoms with Crippen LogP contribution in [-0.2, 0) is 9.53 Å². The molecular formula is C57H55Cl2F4N11O5. The molecule has 1 amide bonds. The molecule has 4 saturated heterocycles. The number of primary amides is 1. The summed E-state index contributed by atoms with van der Waals surface area (Å²) in [6, 6.07) is 20.1. The smallest absolute Gasteiger partial charge is 0.345 e. The molecule has 3 atom stereocenters. The molecule has 8 heterocycles. The number of rotatable bonds is 19. The minimum absolute atomic E-state index is 0.00242. The molecule has 4 aliphatic rings. The van der Waals surface area contributed by atoms with E-state index < -0.39 is 35.8 Å². The molecule has 8 aromatic rings. The van der Waals surface area contributed by atoms with Gasteiger partial charge in [-0.2, -0.15) is 28.7 Å². The molecule has 0 bridgehead atoms. The van der Waals surface area contributed by atoms with Crippen molar-refractivity contribution in [3.05, 3.63) is 106 Å². The summed E-state index contributed by atoms with van der Waals surface area (Å²) < 4.78 is 77.4. The molecule has 4 fully saturated rings. The molecule has 22 heteroatoms. The first-order valence-corrected chi connectivity index (χ1v) is 27.3. The normalized spacial score (nSPS) is 19.5. The number of fused-ring (bicyclic) bond motifs is 6. The summed E-state index contributed by atoms with van der Waals surface area (Å²) in [5, 5.41) is 20.5. The van der Waals surface area contributed by atoms with Gasteiger partial charge >= 0.3 is 18.6 Å². The number of benzene rings is 4. The Morgan fingerprint density at radius 3 is 2.00 bits per heavy atom. The summed E-state index contributed by atoms with van der Waals surface area (Å²) in [5.74, 6) is -2.05. The number of aromatic nitrogens is 6. The second-order valence-corrected chi connectivity index (χ2v) is 21.7. The van der Waals surface area contributed by atoms with Crippen LogP contribution in [0, 0.1) is 11.6 Å². The van der Waals surface area contributed by atoms with E-state index in [-0.39, 0.29) is 101 Å². The second kappa shape index (κ2) is 21.7. The lowest BCUT2D eigenvalue weighted by atomic mass is 9.92. The van der Waals surface area contributed by atoms with Crippen molar-refractivity contribution in [1.82, 2.24) is 39.7 Å². The highest BCUT2D eigenvalue weighted by atomic mass is 35.5. The van der Waals surface area contributed by atoms with Gasteiger partial charge < -0.3 is 35.7 Å². The number of alkyl halides is 2. The number of aliphatic hydroxyl groups excluding tert-OH is 1. The molecule has 5 N–H and O–H groups in total. The van der Waals surface area contributed by atoms with E-state index in [0.29, 0.717) is 38.6 Å². The Balaban J connectivity index is 0.855. The fraction of sp³-hybridized carbons (Fsp3) is 0.386. The molecule has 4 aromatic carbocycles. The van der Waals surface area contributed by atoms with Crippen LogP contribution in [0.4, 0.5) is 29.2 Å². The van der Waals surface area contributed by atoms with Gasteiger partial charge in [-0.05, 0) is 106 Å². The third-order valence-corrected chi connectivity index (χ3v) is 17.0. The van der Waals surface area contributed by atoms with Gasteiger partial charge in [0.05, 0.1) is 35.0 Å². The van der Waals surface area contributed by atoms with E-state index in [9.17, 15) is 18.7 Å². The topological polar surface area (TPSA) is 199 Å². The number of nitrogens with two attached hydrogens (primary N) is 1. The van der Waals surface area contributed by atoms with Crippen molar-refractivity contribution < 1.29 is 41.7 Å². The Bertz CT molecular complexity index is 3670. The van der Waals surface area contributed by atoms with Crippen molar-refractivity contribution >= 4 is 84.1 Å². The van der Waals surface area contributed by atoms with E-state index in [1.165, 1.54) is 12.4 Å². The maximum atomic E-state index is 17.4. The maximum absolute atomic E-state index is 17.4. The number of ether oxygens (including phenoxy) is 3. The lowest BCUT2D eigenvalue weighted by Crippen LogP contribution is -2.44. The highest BCUT2D eigenvalue weighted by molar-refractivity contribution is 6.37. The van der Waals surface area contributed by atoms with E-state index in [2.05, 4.69) is 50.1 Å². The van der Waals surface area contributed by atoms with Crippen molar-refractivity contribution in [2.75, 3.05) is 63.2 Å². The number of anilines is 2. The predicted octanol–water partition coefficient (Wildman–Crippen LogP) is 10.6. The first kappa shape index (κ1) is 52.9. The van der Waals surface area contributed by atoms with Crippen LogP contribution in [-0.4, -0.2) is 127 Å². The monoisotopic (exact) mass is 1120 g/mol. The lowest BCUT2D eigenvalue weighted by molar-refractivity contribution is -0.128. The van der Waals surface area contributed by atoms with Gasteiger partial charge in [0.1, 0.15) is 53.4 Å². The van der Waals surface area contributed by atoms with Crippen LogP contribution in [0.2, 0.25) is 10.0 Å². The molecule has 410 valence electrons. The fourth-order valence-electron chi connectivity index (χ4n) is 12.6. The highest BCUT2D eigenvalue weighted by Crippen LogP contribution is 2.51. The van der Waals surface area contributed by atoms with Gasteiger partial charge in [-0.1, -0.05) is 77.8 Å². The van der Waals surface area contributed by atoms with Crippen LogP contribution < -0.4 is 25.8 Å². The Labute approximate surface area is 461 Å². The zero-order valence-electron chi connectivity index (χ0n) is 42.8. The molecule has 0 radical (unpaired) electrons. The van der Waals surface area contributed by atoms with Gasteiger partial charge in [0, 0.05) is 56.9 Å². The number of amides is 1. The third kappa shape index (κ3) is 9.83. The third-order valence-electron chi connectivity index (χ3n) is 16.4. The van der Waals surface area contributed by atoms with Crippen molar-refractivity contribution in [2.45, 2.75) is 87.6 Å². The summed E-state index contributed by atoms with van der Waals surface area (Å²) in [5.41, 5.74) is 6.55. The Morgan fingerprint density at radius 1 is 0.734 bits per heavy atom. The summed E-state index contributed by atoms with van der Waals surface area (Å²) in [6.45, 7) is -0.0405. The summed E-state index contributed by atoms with van der Waals surface area (Å²) in [6.07, 6.45) is 8.79. The molecule has 16 nitrogen and oxygen atoms in total. The Morgan fingerprint density at radius 2 is 1.33 bits per heavy atom. The van der Waals surface area contributed by atoms with Crippen LogP contribution in [0.5, 0.6) is 12.0 Å². The van der Waals surface area contributed by atoms with Crippen molar-refractivity contribution in [2.24, 2.45) is 5.73 Å². The summed E-state index contributed by atoms with van der Waals surface area (Å²) in [7, 11) is 0. The van der Waals surface area contributed by atoms with E-state index in [1.807, 2.05) is 42.5 Å². The number of aliphatic hydroxyl groups is 1. The predicted molar refractivity (Wildman–Crippen MR) is 294 cm³/mol. The van der Waals surface area contributed by atoms with Gasteiger partial charge in [-0.25, -0.2) is 8.78 Å². The van der Waals surface area contributed by atoms with E-state index >= 15 is 8.78 Å². The zero-order valence-corrected chi connectivity index (χ0v) is 44.3. The number of pyridine rings is 2.